The molecule has 3 bridgehead atoms. The highest BCUT2D eigenvalue weighted by atomic mass is 15.2. The van der Waals surface area contributed by atoms with Gasteiger partial charge in [-0.1, -0.05) is 39.3 Å². The van der Waals surface area contributed by atoms with Crippen LogP contribution in [0.4, 0.5) is 0 Å². The number of piperidine rings is 1. The minimum atomic E-state index is 0.117. The molecule has 0 aromatic carbocycles. The summed E-state index contributed by atoms with van der Waals surface area (Å²) in [6, 6.07) is 0.679. The van der Waals surface area contributed by atoms with Crippen LogP contribution in [0.15, 0.2) is 12.2 Å². The third kappa shape index (κ3) is 1.77. The lowest BCUT2D eigenvalue weighted by Crippen LogP contribution is -2.54. The van der Waals surface area contributed by atoms with E-state index in [1.54, 1.807) is 5.56 Å². The van der Waals surface area contributed by atoms with Crippen LogP contribution >= 0.6 is 0 Å². The minimum absolute atomic E-state index is 0.117. The molecule has 2 saturated heterocycles. The highest BCUT2D eigenvalue weighted by molar-refractivity contribution is 5.39. The SMILES string of the molecule is CCC1(C)CCc2c([C@@]34CC5C=CC(CC5N3)C4C)n[nH]c2C1. The average Bonchev–Trinajstić information content (AvgIpc) is 3.09. The van der Waals surface area contributed by atoms with Gasteiger partial charge in [0.2, 0.25) is 0 Å². The van der Waals surface area contributed by atoms with Gasteiger partial charge in [0.15, 0.2) is 0 Å². The van der Waals surface area contributed by atoms with Gasteiger partial charge in [-0.05, 0) is 60.8 Å². The Morgan fingerprint density at radius 1 is 1.30 bits per heavy atom. The van der Waals surface area contributed by atoms with Crippen molar-refractivity contribution in [3.8, 4) is 0 Å². The number of rotatable bonds is 2. The molecule has 3 nitrogen and oxygen atoms in total. The molecule has 0 amide bonds. The molecule has 1 aromatic rings. The van der Waals surface area contributed by atoms with Crippen molar-refractivity contribution in [2.45, 2.75) is 70.9 Å². The number of allylic oxidation sites excluding steroid dienone is 1. The summed E-state index contributed by atoms with van der Waals surface area (Å²) in [5.74, 6) is 2.10. The third-order valence-electron chi connectivity index (χ3n) is 7.88. The Kier molecular flexibility index (Phi) is 2.79. The molecule has 1 aromatic heterocycles. The van der Waals surface area contributed by atoms with Crippen molar-refractivity contribution in [2.75, 3.05) is 0 Å². The Hall–Kier alpha value is -1.09. The maximum atomic E-state index is 4.92. The number of fused-ring (bicyclic) bond motifs is 3. The fourth-order valence-electron chi connectivity index (χ4n) is 5.97. The first-order chi connectivity index (χ1) is 11.0. The predicted molar refractivity (Wildman–Crippen MR) is 92.1 cm³/mol. The molecule has 0 spiro atoms. The third-order valence-corrected chi connectivity index (χ3v) is 7.88. The predicted octanol–water partition coefficient (Wildman–Crippen LogP) is 3.71. The summed E-state index contributed by atoms with van der Waals surface area (Å²) in [6.45, 7) is 7.22. The van der Waals surface area contributed by atoms with Crippen LogP contribution < -0.4 is 5.32 Å². The smallest absolute Gasteiger partial charge is 0.0860 e. The molecule has 124 valence electrons. The summed E-state index contributed by atoms with van der Waals surface area (Å²) in [5, 5.41) is 12.4. The Labute approximate surface area is 139 Å². The number of H-pyrrole nitrogens is 1. The molecular formula is C20H29N3. The van der Waals surface area contributed by atoms with Crippen molar-refractivity contribution in [1.82, 2.24) is 15.5 Å². The van der Waals surface area contributed by atoms with Crippen molar-refractivity contribution in [3.63, 3.8) is 0 Å². The molecule has 3 heteroatoms. The van der Waals surface area contributed by atoms with Crippen molar-refractivity contribution in [2.24, 2.45) is 23.2 Å². The largest absolute Gasteiger partial charge is 0.302 e. The van der Waals surface area contributed by atoms with E-state index < -0.39 is 0 Å². The number of hydrogen-bond acceptors (Lipinski definition) is 2. The molecule has 5 rings (SSSR count). The van der Waals surface area contributed by atoms with Crippen LogP contribution in [0.1, 0.15) is 63.4 Å². The van der Waals surface area contributed by atoms with Crippen LogP contribution in [0.2, 0.25) is 0 Å². The quantitative estimate of drug-likeness (QED) is 0.817. The summed E-state index contributed by atoms with van der Waals surface area (Å²) >= 11 is 0. The summed E-state index contributed by atoms with van der Waals surface area (Å²) in [6.07, 6.45) is 12.5. The van der Waals surface area contributed by atoms with E-state index in [0.717, 1.165) is 5.92 Å². The zero-order valence-corrected chi connectivity index (χ0v) is 14.7. The number of hydrogen-bond donors (Lipinski definition) is 2. The molecule has 3 heterocycles. The highest BCUT2D eigenvalue weighted by Gasteiger charge is 2.58. The molecule has 0 saturated carbocycles. The zero-order chi connectivity index (χ0) is 15.8. The van der Waals surface area contributed by atoms with Crippen LogP contribution in [-0.4, -0.2) is 16.2 Å². The second-order valence-corrected chi connectivity index (χ2v) is 9.03. The molecule has 0 radical (unpaired) electrons. The Bertz CT molecular complexity index is 674. The number of nitrogens with zero attached hydrogens (tertiary/aromatic N) is 1. The van der Waals surface area contributed by atoms with E-state index in [9.17, 15) is 0 Å². The van der Waals surface area contributed by atoms with E-state index in [4.69, 9.17) is 5.10 Å². The molecule has 2 fully saturated rings. The average molecular weight is 311 g/mol. The van der Waals surface area contributed by atoms with E-state index in [0.29, 0.717) is 23.3 Å². The minimum Gasteiger partial charge on any atom is -0.302 e. The Morgan fingerprint density at radius 2 is 2.13 bits per heavy atom. The molecule has 23 heavy (non-hydrogen) atoms. The summed E-state index contributed by atoms with van der Waals surface area (Å²) in [5.41, 5.74) is 4.93. The lowest BCUT2D eigenvalue weighted by molar-refractivity contribution is 0.139. The van der Waals surface area contributed by atoms with Gasteiger partial charge in [0, 0.05) is 11.7 Å². The Morgan fingerprint density at radius 3 is 2.96 bits per heavy atom. The number of aromatic nitrogens is 2. The molecule has 5 unspecified atom stereocenters. The van der Waals surface area contributed by atoms with Gasteiger partial charge in [0.1, 0.15) is 0 Å². The van der Waals surface area contributed by atoms with E-state index in [1.807, 2.05) is 0 Å². The van der Waals surface area contributed by atoms with Crippen molar-refractivity contribution < 1.29 is 0 Å². The van der Waals surface area contributed by atoms with Crippen LogP contribution in [0.5, 0.6) is 0 Å². The van der Waals surface area contributed by atoms with Crippen LogP contribution in [-0.2, 0) is 18.4 Å². The molecule has 6 atom stereocenters. The highest BCUT2D eigenvalue weighted by Crippen LogP contribution is 2.55. The lowest BCUT2D eigenvalue weighted by atomic mass is 9.68. The van der Waals surface area contributed by atoms with Gasteiger partial charge >= 0.3 is 0 Å². The van der Waals surface area contributed by atoms with E-state index >= 15 is 0 Å². The molecule has 2 aliphatic heterocycles. The fraction of sp³-hybridized carbons (Fsp3) is 0.750. The summed E-state index contributed by atoms with van der Waals surface area (Å²) in [7, 11) is 0. The monoisotopic (exact) mass is 311 g/mol. The van der Waals surface area contributed by atoms with E-state index in [2.05, 4.69) is 43.3 Å². The second-order valence-electron chi connectivity index (χ2n) is 9.03. The van der Waals surface area contributed by atoms with Gasteiger partial charge in [-0.3, -0.25) is 5.10 Å². The fourth-order valence-corrected chi connectivity index (χ4v) is 5.97. The summed E-state index contributed by atoms with van der Waals surface area (Å²) in [4.78, 5) is 0. The van der Waals surface area contributed by atoms with Gasteiger partial charge in [0.25, 0.3) is 0 Å². The van der Waals surface area contributed by atoms with Gasteiger partial charge in [0.05, 0.1) is 11.2 Å². The maximum Gasteiger partial charge on any atom is 0.0860 e. The lowest BCUT2D eigenvalue weighted by Gasteiger charge is -2.45. The van der Waals surface area contributed by atoms with Gasteiger partial charge in [-0.25, -0.2) is 0 Å². The molecular weight excluding hydrogens is 282 g/mol. The standard InChI is InChI=1S/C20H29N3/c1-4-19(3)8-7-15-17(11-19)22-23-18(15)20-10-14-6-5-13(12(20)2)9-16(14)21-20/h5-6,12-14,16,21H,4,7-11H2,1-3H3,(H,22,23)/t12?,13?,14?,16?,19?,20-/m0/s1. The number of nitrogens with one attached hydrogen (secondary N) is 2. The Balaban J connectivity index is 1.57. The maximum absolute atomic E-state index is 4.92. The van der Waals surface area contributed by atoms with Crippen LogP contribution in [0, 0.1) is 23.2 Å². The first kappa shape index (κ1) is 14.3. The van der Waals surface area contributed by atoms with Crippen molar-refractivity contribution in [1.29, 1.82) is 0 Å². The van der Waals surface area contributed by atoms with Crippen LogP contribution in [0.3, 0.4) is 0 Å². The van der Waals surface area contributed by atoms with E-state index in [1.165, 1.54) is 49.9 Å². The normalized spacial score (nSPS) is 47.1. The molecule has 4 aliphatic rings. The number of aromatic amines is 1. The van der Waals surface area contributed by atoms with Crippen molar-refractivity contribution in [3.05, 3.63) is 29.1 Å². The van der Waals surface area contributed by atoms with E-state index in [-0.39, 0.29) is 5.54 Å². The van der Waals surface area contributed by atoms with Gasteiger partial charge < -0.3 is 5.32 Å². The first-order valence-electron chi connectivity index (χ1n) is 9.57. The van der Waals surface area contributed by atoms with Gasteiger partial charge in [-0.2, -0.15) is 5.10 Å². The zero-order valence-electron chi connectivity index (χ0n) is 14.7. The topological polar surface area (TPSA) is 40.7 Å². The first-order valence-corrected chi connectivity index (χ1v) is 9.57. The van der Waals surface area contributed by atoms with Crippen LogP contribution in [0.25, 0.3) is 0 Å². The molecule has 2 N–H and O–H groups in total. The second kappa shape index (κ2) is 4.50. The van der Waals surface area contributed by atoms with Gasteiger partial charge in [-0.15, -0.1) is 0 Å². The summed E-state index contributed by atoms with van der Waals surface area (Å²) < 4.78 is 0. The molecule has 2 aliphatic carbocycles. The van der Waals surface area contributed by atoms with Crippen molar-refractivity contribution >= 4 is 0 Å².